The van der Waals surface area contributed by atoms with Gasteiger partial charge in [-0.15, -0.1) is 0 Å². The largest absolute Gasteiger partial charge is 0.269 e. The van der Waals surface area contributed by atoms with Gasteiger partial charge in [0.25, 0.3) is 10.0 Å². The fraction of sp³-hybridized carbons (Fsp3) is 0.0714. The molecule has 0 aliphatic carbocycles. The Kier molecular flexibility index (Phi) is 3.14. The van der Waals surface area contributed by atoms with Crippen molar-refractivity contribution in [1.29, 1.82) is 0 Å². The summed E-state index contributed by atoms with van der Waals surface area (Å²) in [5.74, 6) is 0. The van der Waals surface area contributed by atoms with Gasteiger partial charge in [0.2, 0.25) is 0 Å². The van der Waals surface area contributed by atoms with Crippen LogP contribution in [0, 0.1) is 6.92 Å². The Balaban J connectivity index is 2.23. The first-order valence-electron chi connectivity index (χ1n) is 5.94. The quantitative estimate of drug-likeness (QED) is 0.666. The summed E-state index contributed by atoms with van der Waals surface area (Å²) in [6.45, 7) is 1.92. The average molecular weight is 351 g/mol. The van der Waals surface area contributed by atoms with Crippen LogP contribution in [0.3, 0.4) is 0 Å². The number of nitrogens with zero attached hydrogens (tertiary/aromatic N) is 2. The predicted molar refractivity (Wildman–Crippen MR) is 81.2 cm³/mol. The third-order valence-electron chi connectivity index (χ3n) is 3.05. The fourth-order valence-corrected chi connectivity index (χ4v) is 3.58. The lowest BCUT2D eigenvalue weighted by atomic mass is 10.2. The van der Waals surface area contributed by atoms with E-state index in [0.717, 1.165) is 10.9 Å². The smallest absolute Gasteiger partial charge is 0.224 e. The number of hydrogen-bond donors (Lipinski definition) is 0. The van der Waals surface area contributed by atoms with E-state index in [0.29, 0.717) is 10.3 Å². The number of hydrogen-bond acceptors (Lipinski definition) is 3. The topological polar surface area (TPSA) is 52.0 Å². The zero-order chi connectivity index (χ0) is 14.3. The zero-order valence-electron chi connectivity index (χ0n) is 10.6. The Bertz CT molecular complexity index is 883. The number of aromatic nitrogens is 2. The molecule has 0 saturated heterocycles. The van der Waals surface area contributed by atoms with Crippen molar-refractivity contribution in [3.63, 3.8) is 0 Å². The molecule has 4 nitrogen and oxygen atoms in total. The van der Waals surface area contributed by atoms with Gasteiger partial charge >= 0.3 is 0 Å². The Hall–Kier alpha value is -1.66. The van der Waals surface area contributed by atoms with Crippen molar-refractivity contribution in [2.75, 3.05) is 0 Å². The van der Waals surface area contributed by atoms with E-state index in [1.54, 1.807) is 36.4 Å². The molecule has 0 unspecified atom stereocenters. The van der Waals surface area contributed by atoms with Gasteiger partial charge in [0.15, 0.2) is 5.65 Å². The van der Waals surface area contributed by atoms with E-state index in [4.69, 9.17) is 0 Å². The summed E-state index contributed by atoms with van der Waals surface area (Å²) < 4.78 is 27.1. The summed E-state index contributed by atoms with van der Waals surface area (Å²) >= 11 is 3.26. The van der Waals surface area contributed by atoms with Crippen LogP contribution < -0.4 is 0 Å². The highest BCUT2D eigenvalue weighted by Crippen LogP contribution is 2.22. The van der Waals surface area contributed by atoms with E-state index in [9.17, 15) is 8.42 Å². The molecule has 102 valence electrons. The first kappa shape index (κ1) is 13.3. The number of rotatable bonds is 2. The monoisotopic (exact) mass is 350 g/mol. The predicted octanol–water partition coefficient (Wildman–Crippen LogP) is 3.34. The van der Waals surface area contributed by atoms with Gasteiger partial charge in [0, 0.05) is 11.6 Å². The third-order valence-corrected chi connectivity index (χ3v) is 5.17. The standard InChI is InChI=1S/C14H11BrN2O2S/c1-10-2-5-12(6-3-10)20(18,19)17-9-8-11-4-7-13(15)16-14(11)17/h2-9H,1H3. The molecule has 0 aliphatic heterocycles. The van der Waals surface area contributed by atoms with Gasteiger partial charge in [-0.3, -0.25) is 0 Å². The van der Waals surface area contributed by atoms with Crippen LogP contribution in [0.5, 0.6) is 0 Å². The Morgan fingerprint density at radius 3 is 2.45 bits per heavy atom. The van der Waals surface area contributed by atoms with Crippen LogP contribution in [0.4, 0.5) is 0 Å². The molecule has 3 aromatic rings. The first-order valence-corrected chi connectivity index (χ1v) is 8.18. The Labute approximate surface area is 125 Å². The molecule has 0 bridgehead atoms. The summed E-state index contributed by atoms with van der Waals surface area (Å²) in [4.78, 5) is 4.50. The molecular formula is C14H11BrN2O2S. The summed E-state index contributed by atoms with van der Waals surface area (Å²) in [6.07, 6.45) is 1.53. The van der Waals surface area contributed by atoms with Crippen LogP contribution >= 0.6 is 15.9 Å². The molecule has 0 saturated carbocycles. The number of benzene rings is 1. The molecule has 0 N–H and O–H groups in total. The number of fused-ring (bicyclic) bond motifs is 1. The van der Waals surface area contributed by atoms with Crippen LogP contribution in [-0.2, 0) is 10.0 Å². The molecule has 1 aromatic carbocycles. The normalized spacial score (nSPS) is 11.9. The Morgan fingerprint density at radius 1 is 1.05 bits per heavy atom. The van der Waals surface area contributed by atoms with Crippen molar-refractivity contribution in [3.05, 3.63) is 58.8 Å². The molecule has 2 heterocycles. The highest BCUT2D eigenvalue weighted by atomic mass is 79.9. The SMILES string of the molecule is Cc1ccc(S(=O)(=O)n2ccc3ccc(Br)nc32)cc1. The molecule has 0 amide bonds. The molecule has 3 rings (SSSR count). The number of halogens is 1. The lowest BCUT2D eigenvalue weighted by Crippen LogP contribution is -2.12. The van der Waals surface area contributed by atoms with E-state index in [2.05, 4.69) is 20.9 Å². The molecule has 0 radical (unpaired) electrons. The maximum absolute atomic E-state index is 12.6. The third kappa shape index (κ3) is 2.14. The van der Waals surface area contributed by atoms with Crippen LogP contribution in [0.25, 0.3) is 11.0 Å². The molecule has 6 heteroatoms. The summed E-state index contributed by atoms with van der Waals surface area (Å²) in [6, 6.07) is 12.1. The lowest BCUT2D eigenvalue weighted by molar-refractivity contribution is 0.588. The molecule has 2 aromatic heterocycles. The molecule has 0 atom stereocenters. The van der Waals surface area contributed by atoms with Gasteiger partial charge in [-0.05, 0) is 53.2 Å². The van der Waals surface area contributed by atoms with Gasteiger partial charge < -0.3 is 0 Å². The number of pyridine rings is 1. The van der Waals surface area contributed by atoms with E-state index < -0.39 is 10.0 Å². The number of aryl methyl sites for hydroxylation is 1. The van der Waals surface area contributed by atoms with Crippen LogP contribution in [0.1, 0.15) is 5.56 Å². The highest BCUT2D eigenvalue weighted by molar-refractivity contribution is 9.10. The zero-order valence-corrected chi connectivity index (χ0v) is 13.0. The minimum absolute atomic E-state index is 0.252. The van der Waals surface area contributed by atoms with Gasteiger partial charge in [-0.1, -0.05) is 17.7 Å². The molecule has 0 aliphatic rings. The minimum Gasteiger partial charge on any atom is -0.224 e. The van der Waals surface area contributed by atoms with E-state index in [1.807, 2.05) is 13.0 Å². The van der Waals surface area contributed by atoms with Crippen LogP contribution in [0.2, 0.25) is 0 Å². The highest BCUT2D eigenvalue weighted by Gasteiger charge is 2.19. The summed E-state index contributed by atoms with van der Waals surface area (Å²) in [5.41, 5.74) is 1.43. The maximum Gasteiger partial charge on any atom is 0.269 e. The second-order valence-electron chi connectivity index (χ2n) is 4.48. The van der Waals surface area contributed by atoms with Crippen molar-refractivity contribution in [2.45, 2.75) is 11.8 Å². The second kappa shape index (κ2) is 4.71. The maximum atomic E-state index is 12.6. The Morgan fingerprint density at radius 2 is 1.75 bits per heavy atom. The van der Waals surface area contributed by atoms with Gasteiger partial charge in [0.05, 0.1) is 4.90 Å². The fourth-order valence-electron chi connectivity index (χ4n) is 1.98. The molecule has 0 fully saturated rings. The van der Waals surface area contributed by atoms with E-state index in [-0.39, 0.29) is 4.90 Å². The van der Waals surface area contributed by atoms with Crippen molar-refractivity contribution in [1.82, 2.24) is 8.96 Å². The van der Waals surface area contributed by atoms with E-state index >= 15 is 0 Å². The average Bonchev–Trinajstić information content (AvgIpc) is 2.82. The van der Waals surface area contributed by atoms with Crippen molar-refractivity contribution in [3.8, 4) is 0 Å². The van der Waals surface area contributed by atoms with Crippen molar-refractivity contribution in [2.24, 2.45) is 0 Å². The molecular weight excluding hydrogens is 340 g/mol. The van der Waals surface area contributed by atoms with Gasteiger partial charge in [-0.25, -0.2) is 17.4 Å². The van der Waals surface area contributed by atoms with Crippen LogP contribution in [-0.4, -0.2) is 17.4 Å². The minimum atomic E-state index is -3.62. The van der Waals surface area contributed by atoms with Gasteiger partial charge in [-0.2, -0.15) is 0 Å². The first-order chi connectivity index (χ1) is 9.48. The van der Waals surface area contributed by atoms with E-state index in [1.165, 1.54) is 10.2 Å². The van der Waals surface area contributed by atoms with Crippen molar-refractivity contribution >= 4 is 37.0 Å². The van der Waals surface area contributed by atoms with Crippen molar-refractivity contribution < 1.29 is 8.42 Å². The summed E-state index contributed by atoms with van der Waals surface area (Å²) in [7, 11) is -3.62. The van der Waals surface area contributed by atoms with Gasteiger partial charge in [0.1, 0.15) is 4.60 Å². The summed E-state index contributed by atoms with van der Waals surface area (Å²) in [5, 5.41) is 0.781. The molecule has 0 spiro atoms. The van der Waals surface area contributed by atoms with Crippen LogP contribution in [0.15, 0.2) is 58.2 Å². The lowest BCUT2D eigenvalue weighted by Gasteiger charge is -2.07. The second-order valence-corrected chi connectivity index (χ2v) is 7.10. The molecule has 20 heavy (non-hydrogen) atoms.